The zero-order chi connectivity index (χ0) is 19.0. The number of alkyl halides is 3. The molecule has 0 N–H and O–H groups in total. The van der Waals surface area contributed by atoms with Gasteiger partial charge in [-0.3, -0.25) is 9.88 Å². The number of aromatic nitrogens is 4. The van der Waals surface area contributed by atoms with E-state index in [0.29, 0.717) is 17.9 Å². The van der Waals surface area contributed by atoms with Crippen LogP contribution < -0.4 is 0 Å². The van der Waals surface area contributed by atoms with Crippen LogP contribution in [-0.2, 0) is 12.7 Å². The van der Waals surface area contributed by atoms with Crippen molar-refractivity contribution in [3.8, 4) is 0 Å². The molecule has 27 heavy (non-hydrogen) atoms. The predicted octanol–water partition coefficient (Wildman–Crippen LogP) is 4.18. The van der Waals surface area contributed by atoms with E-state index in [4.69, 9.17) is 0 Å². The molecule has 8 heteroatoms. The molecule has 4 heterocycles. The lowest BCUT2D eigenvalue weighted by Crippen LogP contribution is -2.33. The highest BCUT2D eigenvalue weighted by Gasteiger charge is 2.36. The number of fused-ring (bicyclic) bond motifs is 1. The average Bonchev–Trinajstić information content (AvgIpc) is 3.05. The summed E-state index contributed by atoms with van der Waals surface area (Å²) in [7, 11) is 0. The van der Waals surface area contributed by atoms with Crippen LogP contribution in [-0.4, -0.2) is 31.0 Å². The first-order valence-corrected chi connectivity index (χ1v) is 9.00. The van der Waals surface area contributed by atoms with Crippen molar-refractivity contribution in [3.63, 3.8) is 0 Å². The summed E-state index contributed by atoms with van der Waals surface area (Å²) in [4.78, 5) is 10.9. The third-order valence-electron chi connectivity index (χ3n) is 4.91. The van der Waals surface area contributed by atoms with Crippen LogP contribution in [0.2, 0.25) is 0 Å². The summed E-state index contributed by atoms with van der Waals surface area (Å²) >= 11 is 0. The maximum absolute atomic E-state index is 13.4. The molecule has 3 aromatic heterocycles. The SMILES string of the molecule is Cc1cc(C(F)(F)F)n2nc([C@@H]3CCCCN3Cc3ccccn3)cc2n1. The zero-order valence-electron chi connectivity index (χ0n) is 14.9. The lowest BCUT2D eigenvalue weighted by atomic mass is 9.99. The van der Waals surface area contributed by atoms with Gasteiger partial charge in [-0.15, -0.1) is 0 Å². The van der Waals surface area contributed by atoms with E-state index in [9.17, 15) is 13.2 Å². The van der Waals surface area contributed by atoms with Gasteiger partial charge in [0.1, 0.15) is 5.69 Å². The molecule has 1 fully saturated rings. The molecule has 1 atom stereocenters. The van der Waals surface area contributed by atoms with Gasteiger partial charge in [0.25, 0.3) is 0 Å². The molecule has 0 aliphatic carbocycles. The Morgan fingerprint density at radius 2 is 2.04 bits per heavy atom. The average molecular weight is 375 g/mol. The van der Waals surface area contributed by atoms with Gasteiger partial charge < -0.3 is 0 Å². The summed E-state index contributed by atoms with van der Waals surface area (Å²) in [5, 5.41) is 4.31. The monoisotopic (exact) mass is 375 g/mol. The molecule has 0 spiro atoms. The van der Waals surface area contributed by atoms with Gasteiger partial charge in [-0.2, -0.15) is 18.3 Å². The number of nitrogens with zero attached hydrogens (tertiary/aromatic N) is 5. The maximum Gasteiger partial charge on any atom is 0.433 e. The van der Waals surface area contributed by atoms with Gasteiger partial charge in [-0.05, 0) is 44.5 Å². The van der Waals surface area contributed by atoms with E-state index < -0.39 is 11.9 Å². The molecule has 0 amide bonds. The first kappa shape index (κ1) is 17.9. The first-order chi connectivity index (χ1) is 12.9. The Morgan fingerprint density at radius 3 is 2.78 bits per heavy atom. The topological polar surface area (TPSA) is 46.3 Å². The Labute approximate surface area is 154 Å². The van der Waals surface area contributed by atoms with Crippen LogP contribution in [0, 0.1) is 6.92 Å². The fourth-order valence-corrected chi connectivity index (χ4v) is 3.70. The van der Waals surface area contributed by atoms with Gasteiger partial charge >= 0.3 is 6.18 Å². The maximum atomic E-state index is 13.4. The molecular weight excluding hydrogens is 355 g/mol. The smallest absolute Gasteiger partial charge is 0.289 e. The Balaban J connectivity index is 1.71. The highest BCUT2D eigenvalue weighted by Crippen LogP contribution is 2.34. The number of aryl methyl sites for hydroxylation is 1. The van der Waals surface area contributed by atoms with Crippen LogP contribution in [0.15, 0.2) is 36.5 Å². The van der Waals surface area contributed by atoms with Gasteiger partial charge in [0, 0.05) is 24.5 Å². The number of rotatable bonds is 3. The predicted molar refractivity (Wildman–Crippen MR) is 94.0 cm³/mol. The van der Waals surface area contributed by atoms with E-state index in [0.717, 1.165) is 42.1 Å². The molecule has 0 unspecified atom stereocenters. The number of piperidine rings is 1. The number of pyridine rings is 1. The van der Waals surface area contributed by atoms with Crippen LogP contribution >= 0.6 is 0 Å². The fraction of sp³-hybridized carbons (Fsp3) is 0.421. The van der Waals surface area contributed by atoms with E-state index in [1.165, 1.54) is 0 Å². The third-order valence-corrected chi connectivity index (χ3v) is 4.91. The molecule has 5 nitrogen and oxygen atoms in total. The minimum atomic E-state index is -4.48. The molecule has 0 bridgehead atoms. The van der Waals surface area contributed by atoms with Crippen LogP contribution in [0.3, 0.4) is 0 Å². The normalized spacial score (nSPS) is 18.9. The van der Waals surface area contributed by atoms with Gasteiger partial charge in [0.2, 0.25) is 0 Å². The second kappa shape index (κ2) is 6.92. The van der Waals surface area contributed by atoms with E-state index in [2.05, 4.69) is 20.0 Å². The molecular formula is C19H20F3N5. The van der Waals surface area contributed by atoms with Crippen molar-refractivity contribution in [1.29, 1.82) is 0 Å². The van der Waals surface area contributed by atoms with Crippen molar-refractivity contribution >= 4 is 5.65 Å². The molecule has 0 radical (unpaired) electrons. The molecule has 0 saturated carbocycles. The zero-order valence-corrected chi connectivity index (χ0v) is 14.9. The molecule has 142 valence electrons. The lowest BCUT2D eigenvalue weighted by Gasteiger charge is -2.34. The van der Waals surface area contributed by atoms with Crippen molar-refractivity contribution in [2.24, 2.45) is 0 Å². The quantitative estimate of drug-likeness (QED) is 0.689. The Kier molecular flexibility index (Phi) is 4.59. The number of hydrogen-bond donors (Lipinski definition) is 0. The molecule has 0 aromatic carbocycles. The number of likely N-dealkylation sites (tertiary alicyclic amines) is 1. The number of hydrogen-bond acceptors (Lipinski definition) is 4. The molecule has 1 saturated heterocycles. The van der Waals surface area contributed by atoms with Crippen molar-refractivity contribution in [2.45, 2.75) is 44.9 Å². The van der Waals surface area contributed by atoms with E-state index in [-0.39, 0.29) is 11.7 Å². The van der Waals surface area contributed by atoms with Gasteiger partial charge in [0.05, 0.1) is 17.4 Å². The molecule has 1 aliphatic rings. The van der Waals surface area contributed by atoms with Crippen LogP contribution in [0.25, 0.3) is 5.65 Å². The number of halogens is 3. The summed E-state index contributed by atoms with van der Waals surface area (Å²) in [6.07, 6.45) is 0.214. The minimum Gasteiger partial charge on any atom is -0.289 e. The van der Waals surface area contributed by atoms with Crippen LogP contribution in [0.1, 0.15) is 48.1 Å². The van der Waals surface area contributed by atoms with Gasteiger partial charge in [0.15, 0.2) is 5.65 Å². The van der Waals surface area contributed by atoms with E-state index >= 15 is 0 Å². The molecule has 1 aliphatic heterocycles. The third kappa shape index (κ3) is 3.66. The molecule has 4 rings (SSSR count). The van der Waals surface area contributed by atoms with Crippen molar-refractivity contribution in [2.75, 3.05) is 6.54 Å². The van der Waals surface area contributed by atoms with Crippen LogP contribution in [0.5, 0.6) is 0 Å². The van der Waals surface area contributed by atoms with Crippen molar-refractivity contribution < 1.29 is 13.2 Å². The summed E-state index contributed by atoms with van der Waals surface area (Å²) in [5.74, 6) is 0. The molecule has 3 aromatic rings. The van der Waals surface area contributed by atoms with Gasteiger partial charge in [-0.25, -0.2) is 9.50 Å². The lowest BCUT2D eigenvalue weighted by molar-refractivity contribution is -0.142. The first-order valence-electron chi connectivity index (χ1n) is 9.00. The second-order valence-electron chi connectivity index (χ2n) is 6.92. The summed E-state index contributed by atoms with van der Waals surface area (Å²) in [5.41, 5.74) is 1.35. The Hall–Kier alpha value is -2.48. The summed E-state index contributed by atoms with van der Waals surface area (Å²) < 4.78 is 41.1. The summed E-state index contributed by atoms with van der Waals surface area (Å²) in [6, 6.07) is 8.45. The minimum absolute atomic E-state index is 0.0381. The standard InChI is InChI=1S/C19H20F3N5/c1-13-10-17(19(20,21)22)27-18(24-13)11-15(25-27)16-7-3-5-9-26(16)12-14-6-2-4-8-23-14/h2,4,6,8,10-11,16H,3,5,7,9,12H2,1H3/t16-/m0/s1. The van der Waals surface area contributed by atoms with Gasteiger partial charge in [-0.1, -0.05) is 12.5 Å². The Morgan fingerprint density at radius 1 is 1.19 bits per heavy atom. The largest absolute Gasteiger partial charge is 0.433 e. The van der Waals surface area contributed by atoms with Crippen LogP contribution in [0.4, 0.5) is 13.2 Å². The van der Waals surface area contributed by atoms with Crippen molar-refractivity contribution in [1.82, 2.24) is 24.5 Å². The Bertz CT molecular complexity index is 936. The van der Waals surface area contributed by atoms with Crippen molar-refractivity contribution in [3.05, 3.63) is 59.3 Å². The van der Waals surface area contributed by atoms with E-state index in [1.54, 1.807) is 19.2 Å². The van der Waals surface area contributed by atoms with E-state index in [1.807, 2.05) is 18.2 Å². The summed E-state index contributed by atoms with van der Waals surface area (Å²) in [6.45, 7) is 3.08. The fourth-order valence-electron chi connectivity index (χ4n) is 3.70. The second-order valence-corrected chi connectivity index (χ2v) is 6.92. The highest BCUT2D eigenvalue weighted by molar-refractivity contribution is 5.43. The highest BCUT2D eigenvalue weighted by atomic mass is 19.4.